The van der Waals surface area contributed by atoms with E-state index in [1.165, 1.54) is 18.3 Å². The maximum atomic E-state index is 13.3. The number of fused-ring (bicyclic) bond motifs is 1. The number of aliphatic imine (C=N–C) groups is 1. The first kappa shape index (κ1) is 23.6. The zero-order valence-corrected chi connectivity index (χ0v) is 19.1. The highest BCUT2D eigenvalue weighted by Crippen LogP contribution is 2.33. The zero-order chi connectivity index (χ0) is 25.3. The van der Waals surface area contributed by atoms with Gasteiger partial charge in [0.25, 0.3) is 5.56 Å². The number of ether oxygens (including phenoxy) is 1. The number of pyridine rings is 1. The first-order valence-corrected chi connectivity index (χ1v) is 11.3. The summed E-state index contributed by atoms with van der Waals surface area (Å²) < 4.78 is 46.3. The summed E-state index contributed by atoms with van der Waals surface area (Å²) in [5.41, 5.74) is 0.120. The molecule has 2 heterocycles. The molecule has 0 bridgehead atoms. The highest BCUT2D eigenvalue weighted by Gasteiger charge is 2.31. The van der Waals surface area contributed by atoms with Gasteiger partial charge in [0.1, 0.15) is 0 Å². The molecular formula is C27H22F3N3O3. The SMILES string of the molecule is O=c1c2ccccc2c(C=Nc2ccccc2N2CCOCC2)c(O)n1-c1cccc(C(F)(F)F)c1. The monoisotopic (exact) mass is 493 g/mol. The fourth-order valence-corrected chi connectivity index (χ4v) is 4.33. The van der Waals surface area contributed by atoms with Crippen molar-refractivity contribution in [2.75, 3.05) is 31.2 Å². The van der Waals surface area contributed by atoms with Crippen molar-refractivity contribution in [1.82, 2.24) is 4.57 Å². The summed E-state index contributed by atoms with van der Waals surface area (Å²) in [4.78, 5) is 20.0. The van der Waals surface area contributed by atoms with Gasteiger partial charge in [0.2, 0.25) is 5.88 Å². The Morgan fingerprint density at radius 3 is 2.36 bits per heavy atom. The van der Waals surface area contributed by atoms with Gasteiger partial charge in [-0.2, -0.15) is 13.2 Å². The predicted octanol–water partition coefficient (Wildman–Crippen LogP) is 5.30. The quantitative estimate of drug-likeness (QED) is 0.392. The summed E-state index contributed by atoms with van der Waals surface area (Å²) in [7, 11) is 0. The third-order valence-electron chi connectivity index (χ3n) is 6.10. The Morgan fingerprint density at radius 2 is 1.61 bits per heavy atom. The average Bonchev–Trinajstić information content (AvgIpc) is 2.89. The van der Waals surface area contributed by atoms with E-state index < -0.39 is 23.2 Å². The van der Waals surface area contributed by atoms with Crippen LogP contribution < -0.4 is 10.5 Å². The molecule has 1 N–H and O–H groups in total. The van der Waals surface area contributed by atoms with E-state index >= 15 is 0 Å². The smallest absolute Gasteiger partial charge is 0.416 e. The van der Waals surface area contributed by atoms with Gasteiger partial charge < -0.3 is 14.7 Å². The molecular weight excluding hydrogens is 471 g/mol. The van der Waals surface area contributed by atoms with Gasteiger partial charge in [-0.1, -0.05) is 36.4 Å². The number of aromatic hydroxyl groups is 1. The predicted molar refractivity (Wildman–Crippen MR) is 133 cm³/mol. The number of rotatable bonds is 4. The fourth-order valence-electron chi connectivity index (χ4n) is 4.33. The average molecular weight is 493 g/mol. The molecule has 5 rings (SSSR count). The number of hydrogen-bond donors (Lipinski definition) is 1. The van der Waals surface area contributed by atoms with E-state index in [-0.39, 0.29) is 16.6 Å². The Hall–Kier alpha value is -4.11. The van der Waals surface area contributed by atoms with Crippen molar-refractivity contribution in [3.8, 4) is 11.6 Å². The highest BCUT2D eigenvalue weighted by atomic mass is 19.4. The zero-order valence-electron chi connectivity index (χ0n) is 19.1. The minimum absolute atomic E-state index is 0.0959. The van der Waals surface area contributed by atoms with Crippen LogP contribution in [0.15, 0.2) is 82.6 Å². The number of nitrogens with zero attached hydrogens (tertiary/aromatic N) is 3. The van der Waals surface area contributed by atoms with Gasteiger partial charge in [-0.25, -0.2) is 4.57 Å². The molecule has 0 atom stereocenters. The van der Waals surface area contributed by atoms with E-state index in [4.69, 9.17) is 4.74 Å². The minimum Gasteiger partial charge on any atom is -0.494 e. The van der Waals surface area contributed by atoms with Crippen LogP contribution in [-0.2, 0) is 10.9 Å². The molecule has 6 nitrogen and oxygen atoms in total. The van der Waals surface area contributed by atoms with Crippen LogP contribution in [0, 0.1) is 0 Å². The second-order valence-corrected chi connectivity index (χ2v) is 8.32. The maximum absolute atomic E-state index is 13.3. The Labute approximate surface area is 204 Å². The third-order valence-corrected chi connectivity index (χ3v) is 6.10. The minimum atomic E-state index is -4.60. The van der Waals surface area contributed by atoms with Crippen LogP contribution in [-0.4, -0.2) is 42.2 Å². The van der Waals surface area contributed by atoms with Crippen LogP contribution in [0.3, 0.4) is 0 Å². The molecule has 9 heteroatoms. The van der Waals surface area contributed by atoms with Crippen molar-refractivity contribution < 1.29 is 23.0 Å². The Bertz CT molecular complexity index is 1510. The van der Waals surface area contributed by atoms with Gasteiger partial charge in [-0.05, 0) is 36.4 Å². The van der Waals surface area contributed by atoms with Crippen molar-refractivity contribution in [1.29, 1.82) is 0 Å². The molecule has 1 saturated heterocycles. The number of para-hydroxylation sites is 2. The lowest BCUT2D eigenvalue weighted by Crippen LogP contribution is -2.36. The fraction of sp³-hybridized carbons (Fsp3) is 0.185. The molecule has 184 valence electrons. The van der Waals surface area contributed by atoms with Crippen molar-refractivity contribution in [2.45, 2.75) is 6.18 Å². The standard InChI is InChI=1S/C27H22F3N3O3/c28-27(29,30)18-6-5-7-19(16-18)33-25(34)21-9-2-1-8-20(21)22(26(33)35)17-31-23-10-3-4-11-24(23)32-12-14-36-15-13-32/h1-11,16-17,35H,12-15H2. The van der Waals surface area contributed by atoms with Gasteiger partial charge in [-0.3, -0.25) is 9.79 Å². The molecule has 0 unspecified atom stereocenters. The number of halogens is 3. The molecule has 0 amide bonds. The van der Waals surface area contributed by atoms with Crippen molar-refractivity contribution in [2.24, 2.45) is 4.99 Å². The van der Waals surface area contributed by atoms with Crippen molar-refractivity contribution >= 4 is 28.4 Å². The molecule has 1 fully saturated rings. The lowest BCUT2D eigenvalue weighted by atomic mass is 10.1. The number of alkyl halides is 3. The topological polar surface area (TPSA) is 67.1 Å². The van der Waals surface area contributed by atoms with E-state index in [1.807, 2.05) is 24.3 Å². The van der Waals surface area contributed by atoms with Gasteiger partial charge in [0.05, 0.1) is 41.4 Å². The van der Waals surface area contributed by atoms with E-state index in [2.05, 4.69) is 9.89 Å². The van der Waals surface area contributed by atoms with Crippen LogP contribution in [0.1, 0.15) is 11.1 Å². The summed E-state index contributed by atoms with van der Waals surface area (Å²) in [6, 6.07) is 18.4. The van der Waals surface area contributed by atoms with Crippen LogP contribution in [0.4, 0.5) is 24.5 Å². The highest BCUT2D eigenvalue weighted by molar-refractivity contribution is 6.02. The normalized spacial score (nSPS) is 14.6. The molecule has 36 heavy (non-hydrogen) atoms. The van der Waals surface area contributed by atoms with E-state index in [1.54, 1.807) is 24.3 Å². The molecule has 4 aromatic rings. The summed E-state index contributed by atoms with van der Waals surface area (Å²) in [6.07, 6.45) is -3.15. The molecule has 0 radical (unpaired) electrons. The summed E-state index contributed by atoms with van der Waals surface area (Å²) in [5.74, 6) is -0.495. The van der Waals surface area contributed by atoms with E-state index in [9.17, 15) is 23.1 Å². The Kier molecular flexibility index (Phi) is 6.24. The van der Waals surface area contributed by atoms with Crippen molar-refractivity contribution in [3.05, 3.63) is 94.3 Å². The molecule has 0 saturated carbocycles. The first-order valence-electron chi connectivity index (χ1n) is 11.3. The number of morpholine rings is 1. The van der Waals surface area contributed by atoms with Crippen LogP contribution in [0.2, 0.25) is 0 Å². The van der Waals surface area contributed by atoms with Crippen LogP contribution >= 0.6 is 0 Å². The van der Waals surface area contributed by atoms with Gasteiger partial charge in [0.15, 0.2) is 0 Å². The lowest BCUT2D eigenvalue weighted by molar-refractivity contribution is -0.137. The van der Waals surface area contributed by atoms with Gasteiger partial charge >= 0.3 is 6.18 Å². The first-order chi connectivity index (χ1) is 17.3. The largest absolute Gasteiger partial charge is 0.494 e. The number of benzene rings is 3. The summed E-state index contributed by atoms with van der Waals surface area (Å²) >= 11 is 0. The molecule has 1 aliphatic heterocycles. The van der Waals surface area contributed by atoms with Gasteiger partial charge in [-0.15, -0.1) is 0 Å². The maximum Gasteiger partial charge on any atom is 0.416 e. The third kappa shape index (κ3) is 4.45. The molecule has 0 aliphatic carbocycles. The lowest BCUT2D eigenvalue weighted by Gasteiger charge is -2.29. The molecule has 0 spiro atoms. The van der Waals surface area contributed by atoms with Crippen LogP contribution in [0.5, 0.6) is 5.88 Å². The second kappa shape index (κ2) is 9.50. The van der Waals surface area contributed by atoms with Crippen LogP contribution in [0.25, 0.3) is 16.5 Å². The summed E-state index contributed by atoms with van der Waals surface area (Å²) in [6.45, 7) is 2.62. The molecule has 3 aromatic carbocycles. The summed E-state index contributed by atoms with van der Waals surface area (Å²) in [5, 5.41) is 11.9. The second-order valence-electron chi connectivity index (χ2n) is 8.32. The van der Waals surface area contributed by atoms with E-state index in [0.717, 1.165) is 22.4 Å². The number of hydrogen-bond acceptors (Lipinski definition) is 5. The number of anilines is 1. The van der Waals surface area contributed by atoms with E-state index in [0.29, 0.717) is 37.4 Å². The molecule has 1 aromatic heterocycles. The van der Waals surface area contributed by atoms with Gasteiger partial charge in [0, 0.05) is 30.1 Å². The number of aromatic nitrogens is 1. The Morgan fingerprint density at radius 1 is 0.917 bits per heavy atom. The molecule has 1 aliphatic rings. The Balaban J connectivity index is 1.67. The van der Waals surface area contributed by atoms with Crippen molar-refractivity contribution in [3.63, 3.8) is 0 Å².